The number of β-lactam (4-membered cyclic amide) rings is 1. The van der Waals surface area contributed by atoms with Crippen molar-refractivity contribution in [2.75, 3.05) is 5.75 Å². The third kappa shape index (κ3) is 3.87. The molecule has 1 aromatic heterocycles. The second-order valence-electron chi connectivity index (χ2n) is 6.07. The molecule has 1 aliphatic heterocycles. The van der Waals surface area contributed by atoms with Crippen molar-refractivity contribution < 1.29 is 9.59 Å². The summed E-state index contributed by atoms with van der Waals surface area (Å²) in [4.78, 5) is 30.1. The first-order valence-electron chi connectivity index (χ1n) is 8.37. The van der Waals surface area contributed by atoms with Crippen LogP contribution in [-0.2, 0) is 11.8 Å². The maximum absolute atomic E-state index is 12.6. The molecule has 1 fully saturated rings. The van der Waals surface area contributed by atoms with Gasteiger partial charge in [0.1, 0.15) is 0 Å². The molecule has 3 rings (SSSR count). The highest BCUT2D eigenvalue weighted by Gasteiger charge is 2.41. The Balaban J connectivity index is 1.60. The smallest absolute Gasteiger partial charge is 0.324 e. The second-order valence-corrected chi connectivity index (χ2v) is 7.06. The molecular formula is C18H22N4O2S. The van der Waals surface area contributed by atoms with Crippen LogP contribution in [-0.4, -0.2) is 38.2 Å². The van der Waals surface area contributed by atoms with Crippen molar-refractivity contribution in [3.05, 3.63) is 48.3 Å². The topological polar surface area (TPSA) is 67.2 Å². The molecule has 1 aliphatic rings. The minimum absolute atomic E-state index is 0.0810. The molecule has 2 heterocycles. The van der Waals surface area contributed by atoms with Crippen LogP contribution in [0.25, 0.3) is 0 Å². The maximum Gasteiger partial charge on any atom is 0.324 e. The van der Waals surface area contributed by atoms with E-state index in [0.717, 1.165) is 17.1 Å². The zero-order chi connectivity index (χ0) is 17.8. The Bertz CT molecular complexity index is 747. The Morgan fingerprint density at radius 2 is 2.16 bits per heavy atom. The van der Waals surface area contributed by atoms with Crippen LogP contribution in [0.4, 0.5) is 4.79 Å². The number of aryl methyl sites for hydroxylation is 1. The van der Waals surface area contributed by atoms with E-state index in [9.17, 15) is 9.59 Å². The van der Waals surface area contributed by atoms with Gasteiger partial charge in [0, 0.05) is 31.6 Å². The summed E-state index contributed by atoms with van der Waals surface area (Å²) in [5, 5.41) is 3.87. The van der Waals surface area contributed by atoms with E-state index < -0.39 is 0 Å². The Hall–Kier alpha value is -2.28. The number of rotatable bonds is 6. The van der Waals surface area contributed by atoms with Gasteiger partial charge in [-0.2, -0.15) is 0 Å². The largest absolute Gasteiger partial charge is 0.331 e. The van der Waals surface area contributed by atoms with Crippen LogP contribution >= 0.6 is 11.8 Å². The summed E-state index contributed by atoms with van der Waals surface area (Å²) in [6.07, 6.45) is 4.80. The van der Waals surface area contributed by atoms with Crippen molar-refractivity contribution >= 4 is 23.7 Å². The molecule has 1 saturated heterocycles. The third-order valence-corrected chi connectivity index (χ3v) is 5.56. The zero-order valence-corrected chi connectivity index (χ0v) is 15.2. The number of nitrogens with one attached hydrogen (secondary N) is 1. The van der Waals surface area contributed by atoms with E-state index in [1.54, 1.807) is 18.0 Å². The maximum atomic E-state index is 12.6. The van der Waals surface area contributed by atoms with Crippen molar-refractivity contribution in [2.24, 2.45) is 7.05 Å². The fraction of sp³-hybridized carbons (Fsp3) is 0.389. The molecule has 0 radical (unpaired) electrons. The van der Waals surface area contributed by atoms with Gasteiger partial charge in [0.15, 0.2) is 5.16 Å². The fourth-order valence-corrected chi connectivity index (χ4v) is 3.89. The number of carbonyl (C=O) groups is 2. The summed E-state index contributed by atoms with van der Waals surface area (Å²) in [5.41, 5.74) is 1.05. The van der Waals surface area contributed by atoms with E-state index in [1.807, 2.05) is 55.1 Å². The minimum atomic E-state index is -0.308. The monoisotopic (exact) mass is 358 g/mol. The van der Waals surface area contributed by atoms with Crippen LogP contribution in [0.2, 0.25) is 0 Å². The number of carbonyl (C=O) groups excluding carboxylic acids is 2. The molecule has 1 aromatic carbocycles. The highest BCUT2D eigenvalue weighted by molar-refractivity contribution is 7.99. The number of benzene rings is 1. The summed E-state index contributed by atoms with van der Waals surface area (Å²) < 4.78 is 1.93. The van der Waals surface area contributed by atoms with E-state index >= 15 is 0 Å². The number of thioether (sulfide) groups is 1. The number of nitrogens with zero attached hydrogens (tertiary/aromatic N) is 3. The highest BCUT2D eigenvalue weighted by atomic mass is 32.2. The van der Waals surface area contributed by atoms with Gasteiger partial charge in [-0.25, -0.2) is 9.78 Å². The van der Waals surface area contributed by atoms with E-state index in [0.29, 0.717) is 12.2 Å². The number of urea groups is 1. The molecular weight excluding hydrogens is 336 g/mol. The van der Waals surface area contributed by atoms with Gasteiger partial charge in [0.2, 0.25) is 5.91 Å². The molecule has 25 heavy (non-hydrogen) atoms. The van der Waals surface area contributed by atoms with E-state index in [2.05, 4.69) is 10.3 Å². The molecule has 7 heteroatoms. The lowest BCUT2D eigenvalue weighted by atomic mass is 10.0. The lowest BCUT2D eigenvalue weighted by molar-refractivity contribution is -0.139. The summed E-state index contributed by atoms with van der Waals surface area (Å²) in [6.45, 7) is 2.02. The Labute approximate surface area is 151 Å². The Morgan fingerprint density at radius 1 is 1.40 bits per heavy atom. The van der Waals surface area contributed by atoms with Crippen LogP contribution in [0.5, 0.6) is 0 Å². The summed E-state index contributed by atoms with van der Waals surface area (Å²) >= 11 is 1.56. The molecule has 1 N–H and O–H groups in total. The first-order chi connectivity index (χ1) is 12.1. The number of hydrogen-bond acceptors (Lipinski definition) is 4. The lowest BCUT2D eigenvalue weighted by Gasteiger charge is -2.39. The number of amides is 3. The quantitative estimate of drug-likeness (QED) is 0.637. The molecule has 3 amide bonds. The normalized spacial score (nSPS) is 17.9. The number of likely N-dealkylation sites (tertiary alicyclic amines) is 1. The minimum Gasteiger partial charge on any atom is -0.331 e. The summed E-state index contributed by atoms with van der Waals surface area (Å²) in [5.74, 6) is 0.539. The second kappa shape index (κ2) is 7.74. The Kier molecular flexibility index (Phi) is 5.43. The fourth-order valence-electron chi connectivity index (χ4n) is 2.88. The van der Waals surface area contributed by atoms with Gasteiger partial charge in [-0.05, 0) is 12.0 Å². The molecule has 0 saturated carbocycles. The summed E-state index contributed by atoms with van der Waals surface area (Å²) in [6, 6.07) is 9.34. The van der Waals surface area contributed by atoms with Gasteiger partial charge in [-0.1, -0.05) is 49.0 Å². The van der Waals surface area contributed by atoms with Crippen LogP contribution in [0, 0.1) is 0 Å². The number of imidazole rings is 1. The first kappa shape index (κ1) is 17.5. The number of aromatic nitrogens is 2. The molecule has 0 bridgehead atoms. The first-order valence-corrected chi connectivity index (χ1v) is 9.36. The Morgan fingerprint density at radius 3 is 2.76 bits per heavy atom. The van der Waals surface area contributed by atoms with Gasteiger partial charge < -0.3 is 9.88 Å². The zero-order valence-electron chi connectivity index (χ0n) is 14.4. The van der Waals surface area contributed by atoms with Crippen molar-refractivity contribution in [3.8, 4) is 0 Å². The number of imide groups is 1. The van der Waals surface area contributed by atoms with Crippen LogP contribution in [0.1, 0.15) is 31.4 Å². The molecule has 0 unspecified atom stereocenters. The van der Waals surface area contributed by atoms with Crippen LogP contribution < -0.4 is 5.32 Å². The molecule has 0 spiro atoms. The van der Waals surface area contributed by atoms with Crippen molar-refractivity contribution in [2.45, 2.75) is 37.0 Å². The average molecular weight is 358 g/mol. The van der Waals surface area contributed by atoms with Gasteiger partial charge >= 0.3 is 6.03 Å². The van der Waals surface area contributed by atoms with Gasteiger partial charge in [-0.15, -0.1) is 0 Å². The van der Waals surface area contributed by atoms with Gasteiger partial charge in [0.25, 0.3) is 0 Å². The highest BCUT2D eigenvalue weighted by Crippen LogP contribution is 2.27. The van der Waals surface area contributed by atoms with Crippen molar-refractivity contribution in [3.63, 3.8) is 0 Å². The average Bonchev–Trinajstić information content (AvgIpc) is 3.02. The summed E-state index contributed by atoms with van der Waals surface area (Å²) in [7, 11) is 1.93. The van der Waals surface area contributed by atoms with Crippen LogP contribution in [0.3, 0.4) is 0 Å². The molecule has 0 aliphatic carbocycles. The van der Waals surface area contributed by atoms with Gasteiger partial charge in [-0.3, -0.25) is 9.69 Å². The molecule has 6 nitrogen and oxygen atoms in total. The van der Waals surface area contributed by atoms with E-state index in [4.69, 9.17) is 0 Å². The van der Waals surface area contributed by atoms with Crippen molar-refractivity contribution in [1.82, 2.24) is 19.8 Å². The predicted molar refractivity (Wildman–Crippen MR) is 97.2 cm³/mol. The molecule has 2 atom stereocenters. The predicted octanol–water partition coefficient (Wildman–Crippen LogP) is 2.97. The van der Waals surface area contributed by atoms with E-state index in [1.165, 1.54) is 4.90 Å². The van der Waals surface area contributed by atoms with Crippen molar-refractivity contribution in [1.29, 1.82) is 0 Å². The third-order valence-electron chi connectivity index (χ3n) is 4.35. The molecule has 2 aromatic rings. The van der Waals surface area contributed by atoms with Crippen LogP contribution in [0.15, 0.2) is 47.9 Å². The van der Waals surface area contributed by atoms with E-state index in [-0.39, 0.29) is 24.0 Å². The van der Waals surface area contributed by atoms with Gasteiger partial charge in [0.05, 0.1) is 12.1 Å². The number of hydrogen-bond donors (Lipinski definition) is 1. The standard InChI is InChI=1S/C18H22N4O2S/c1-3-15(13-7-5-4-6-8-13)20-17(24)22-14(11-16(22)23)12-25-18-19-9-10-21(18)2/h4-10,14-15H,3,11-12H2,1-2H3,(H,20,24)/t14-,15-/m1/s1. The lowest BCUT2D eigenvalue weighted by Crippen LogP contribution is -2.60. The molecule has 132 valence electrons. The SMILES string of the molecule is CC[C@@H](NC(=O)N1C(=O)C[C@@H]1CSc1nccn1C)c1ccccc1.